The average Bonchev–Trinajstić information content (AvgIpc) is 2.71. The normalized spacial score (nSPS) is 27.3. The molecule has 1 aromatic heterocycles. The van der Waals surface area contributed by atoms with E-state index in [4.69, 9.17) is 0 Å². The maximum atomic E-state index is 11.4. The first kappa shape index (κ1) is 13.3. The Morgan fingerprint density at radius 3 is 2.55 bits per heavy atom. The van der Waals surface area contributed by atoms with E-state index in [0.717, 1.165) is 18.5 Å². The van der Waals surface area contributed by atoms with Crippen LogP contribution in [0, 0.1) is 11.8 Å². The van der Waals surface area contributed by atoms with E-state index in [-0.39, 0.29) is 17.7 Å². The monoisotopic (exact) mass is 275 g/mol. The fourth-order valence-electron chi connectivity index (χ4n) is 3.66. The number of carbonyl (C=O) groups is 2. The quantitative estimate of drug-likeness (QED) is 0.807. The molecule has 20 heavy (non-hydrogen) atoms. The van der Waals surface area contributed by atoms with Gasteiger partial charge in [0.25, 0.3) is 0 Å². The number of piperidine rings is 1. The van der Waals surface area contributed by atoms with E-state index >= 15 is 0 Å². The van der Waals surface area contributed by atoms with Crippen LogP contribution in [-0.2, 0) is 22.4 Å². The van der Waals surface area contributed by atoms with Gasteiger partial charge >= 0.3 is 0 Å². The van der Waals surface area contributed by atoms with Gasteiger partial charge in [0.2, 0.25) is 11.8 Å². The predicted octanol–water partition coefficient (Wildman–Crippen LogP) is 1.69. The number of imide groups is 1. The summed E-state index contributed by atoms with van der Waals surface area (Å²) >= 11 is 0. The van der Waals surface area contributed by atoms with E-state index < -0.39 is 0 Å². The highest BCUT2D eigenvalue weighted by Gasteiger charge is 2.30. The van der Waals surface area contributed by atoms with Crippen molar-refractivity contribution in [1.29, 1.82) is 0 Å². The van der Waals surface area contributed by atoms with Crippen LogP contribution in [0.3, 0.4) is 0 Å². The summed E-state index contributed by atoms with van der Waals surface area (Å²) in [5.41, 5.74) is 3.64. The van der Waals surface area contributed by atoms with Gasteiger partial charge in [-0.25, -0.2) is 0 Å². The second-order valence-corrected chi connectivity index (χ2v) is 6.46. The van der Waals surface area contributed by atoms with Crippen molar-refractivity contribution in [3.8, 4) is 0 Å². The highest BCUT2D eigenvalue weighted by molar-refractivity contribution is 5.97. The minimum atomic E-state index is -0.152. The van der Waals surface area contributed by atoms with Gasteiger partial charge in [-0.15, -0.1) is 0 Å². The summed E-state index contributed by atoms with van der Waals surface area (Å²) in [7, 11) is 0. The fourth-order valence-corrected chi connectivity index (χ4v) is 3.66. The first-order valence-corrected chi connectivity index (χ1v) is 7.41. The molecule has 2 atom stereocenters. The molecule has 0 saturated carbocycles. The van der Waals surface area contributed by atoms with Crippen LogP contribution in [0.25, 0.3) is 0 Å². The highest BCUT2D eigenvalue weighted by atomic mass is 16.2. The summed E-state index contributed by atoms with van der Waals surface area (Å²) in [5, 5.41) is 9.98. The van der Waals surface area contributed by atoms with E-state index in [9.17, 15) is 9.59 Å². The first-order chi connectivity index (χ1) is 9.52. The highest BCUT2D eigenvalue weighted by Crippen LogP contribution is 2.35. The molecule has 1 fully saturated rings. The van der Waals surface area contributed by atoms with Crippen LogP contribution in [0.5, 0.6) is 0 Å². The maximum absolute atomic E-state index is 11.4. The van der Waals surface area contributed by atoms with E-state index in [1.54, 1.807) is 0 Å². The minimum Gasteiger partial charge on any atom is -0.296 e. The molecule has 108 valence electrons. The number of nitrogens with one attached hydrogen (secondary N) is 2. The van der Waals surface area contributed by atoms with Crippen molar-refractivity contribution in [2.24, 2.45) is 11.8 Å². The van der Waals surface area contributed by atoms with Crippen molar-refractivity contribution in [2.45, 2.75) is 51.9 Å². The van der Waals surface area contributed by atoms with E-state index in [2.05, 4.69) is 29.4 Å². The number of aromatic amines is 1. The Morgan fingerprint density at radius 2 is 1.85 bits per heavy atom. The summed E-state index contributed by atoms with van der Waals surface area (Å²) < 4.78 is 0. The zero-order valence-electron chi connectivity index (χ0n) is 12.0. The van der Waals surface area contributed by atoms with Crippen molar-refractivity contribution in [2.75, 3.05) is 0 Å². The lowest BCUT2D eigenvalue weighted by Crippen LogP contribution is -2.39. The molecule has 2 aliphatic rings. The van der Waals surface area contributed by atoms with E-state index in [0.29, 0.717) is 24.7 Å². The topological polar surface area (TPSA) is 74.8 Å². The van der Waals surface area contributed by atoms with Gasteiger partial charge in [0.1, 0.15) is 0 Å². The van der Waals surface area contributed by atoms with E-state index in [1.807, 2.05) is 0 Å². The lowest BCUT2D eigenvalue weighted by Gasteiger charge is -2.25. The third kappa shape index (κ3) is 2.49. The summed E-state index contributed by atoms with van der Waals surface area (Å²) in [6, 6.07) is 0. The molecular formula is C15H21N3O2. The number of H-pyrrole nitrogens is 1. The van der Waals surface area contributed by atoms with Gasteiger partial charge in [-0.05, 0) is 36.7 Å². The van der Waals surface area contributed by atoms with Crippen molar-refractivity contribution < 1.29 is 9.59 Å². The van der Waals surface area contributed by atoms with Crippen LogP contribution in [0.2, 0.25) is 0 Å². The summed E-state index contributed by atoms with van der Waals surface area (Å²) in [5.74, 6) is 0.969. The Labute approximate surface area is 118 Å². The number of aromatic nitrogens is 2. The van der Waals surface area contributed by atoms with Crippen LogP contribution in [-0.4, -0.2) is 22.0 Å². The van der Waals surface area contributed by atoms with Crippen LogP contribution in [0.4, 0.5) is 0 Å². The van der Waals surface area contributed by atoms with Gasteiger partial charge in [0, 0.05) is 24.5 Å². The van der Waals surface area contributed by atoms with Gasteiger partial charge in [-0.3, -0.25) is 20.0 Å². The molecule has 0 bridgehead atoms. The zero-order valence-corrected chi connectivity index (χ0v) is 12.0. The Kier molecular flexibility index (Phi) is 3.36. The van der Waals surface area contributed by atoms with Crippen molar-refractivity contribution in [1.82, 2.24) is 15.5 Å². The molecule has 1 aliphatic carbocycles. The molecule has 1 saturated heterocycles. The average molecular weight is 275 g/mol. The van der Waals surface area contributed by atoms with Gasteiger partial charge in [-0.1, -0.05) is 13.8 Å². The Hall–Kier alpha value is -1.65. The number of nitrogens with zero attached hydrogens (tertiary/aromatic N) is 1. The zero-order chi connectivity index (χ0) is 14.3. The molecule has 5 heteroatoms. The van der Waals surface area contributed by atoms with Crippen molar-refractivity contribution in [3.63, 3.8) is 0 Å². The first-order valence-electron chi connectivity index (χ1n) is 7.41. The summed E-state index contributed by atoms with van der Waals surface area (Å²) in [6.07, 6.45) is 3.86. The SMILES string of the molecule is C[C@@H]1Cc2c(n[nH]c2CC2CC(=O)NC(=O)C2)[C@@H](C)C1. The Bertz CT molecular complexity index is 533. The maximum Gasteiger partial charge on any atom is 0.226 e. The van der Waals surface area contributed by atoms with Gasteiger partial charge in [0.15, 0.2) is 0 Å². The van der Waals surface area contributed by atoms with E-state index in [1.165, 1.54) is 17.7 Å². The third-order valence-electron chi connectivity index (χ3n) is 4.48. The smallest absolute Gasteiger partial charge is 0.226 e. The van der Waals surface area contributed by atoms with Gasteiger partial charge in [0.05, 0.1) is 5.69 Å². The number of hydrogen-bond donors (Lipinski definition) is 2. The molecular weight excluding hydrogens is 254 g/mol. The van der Waals surface area contributed by atoms with Gasteiger partial charge in [-0.2, -0.15) is 5.10 Å². The Balaban J connectivity index is 1.78. The molecule has 0 radical (unpaired) electrons. The standard InChI is InChI=1S/C15H21N3O2/c1-8-3-9(2)15-11(4-8)12(17-18-15)5-10-6-13(19)16-14(20)7-10/h8-10H,3-7H2,1-2H3,(H,17,18)(H,16,19,20)/t8-,9-/m0/s1. The minimum absolute atomic E-state index is 0.105. The molecule has 1 aromatic rings. The molecule has 2 amide bonds. The van der Waals surface area contributed by atoms with Crippen LogP contribution >= 0.6 is 0 Å². The van der Waals surface area contributed by atoms with Crippen LogP contribution in [0.1, 0.15) is 56.0 Å². The van der Waals surface area contributed by atoms with Crippen LogP contribution < -0.4 is 5.32 Å². The van der Waals surface area contributed by atoms with Gasteiger partial charge < -0.3 is 0 Å². The summed E-state index contributed by atoms with van der Waals surface area (Å²) in [6.45, 7) is 4.49. The molecule has 0 spiro atoms. The molecule has 5 nitrogen and oxygen atoms in total. The number of carbonyl (C=O) groups excluding carboxylic acids is 2. The van der Waals surface area contributed by atoms with Crippen molar-refractivity contribution in [3.05, 3.63) is 17.0 Å². The molecule has 2 N–H and O–H groups in total. The molecule has 3 rings (SSSR count). The summed E-state index contributed by atoms with van der Waals surface area (Å²) in [4.78, 5) is 22.9. The molecule has 2 heterocycles. The largest absolute Gasteiger partial charge is 0.296 e. The lowest BCUT2D eigenvalue weighted by molar-refractivity contribution is -0.134. The van der Waals surface area contributed by atoms with Crippen molar-refractivity contribution >= 4 is 11.8 Å². The third-order valence-corrected chi connectivity index (χ3v) is 4.48. The number of hydrogen-bond acceptors (Lipinski definition) is 3. The molecule has 0 unspecified atom stereocenters. The lowest BCUT2D eigenvalue weighted by atomic mass is 9.80. The Morgan fingerprint density at radius 1 is 1.15 bits per heavy atom. The fraction of sp³-hybridized carbons (Fsp3) is 0.667. The second kappa shape index (κ2) is 5.04. The molecule has 1 aliphatic heterocycles. The molecule has 0 aromatic carbocycles. The number of fused-ring (bicyclic) bond motifs is 1. The second-order valence-electron chi connectivity index (χ2n) is 6.46. The predicted molar refractivity (Wildman–Crippen MR) is 74.1 cm³/mol. The van der Waals surface area contributed by atoms with Crippen LogP contribution in [0.15, 0.2) is 0 Å². The number of rotatable bonds is 2. The number of amides is 2.